The molecule has 0 aromatic heterocycles. The van der Waals surface area contributed by atoms with Gasteiger partial charge in [0, 0.05) is 6.04 Å². The van der Waals surface area contributed by atoms with Gasteiger partial charge in [0.1, 0.15) is 0 Å². The van der Waals surface area contributed by atoms with Gasteiger partial charge in [-0.15, -0.1) is 0 Å². The van der Waals surface area contributed by atoms with Crippen LogP contribution in [0.3, 0.4) is 0 Å². The summed E-state index contributed by atoms with van der Waals surface area (Å²) in [7, 11) is 0. The average molecular weight is 137 g/mol. The van der Waals surface area contributed by atoms with Gasteiger partial charge < -0.3 is 5.73 Å². The van der Waals surface area contributed by atoms with Gasteiger partial charge >= 0.3 is 0 Å². The SMILES string of the molecule is CC1CC=CC(N)C=CC1. The normalized spacial score (nSPS) is 33.4. The second-order valence-corrected chi connectivity index (χ2v) is 3.01. The smallest absolute Gasteiger partial charge is 0.0410 e. The monoisotopic (exact) mass is 137 g/mol. The first-order valence-corrected chi connectivity index (χ1v) is 3.88. The van der Waals surface area contributed by atoms with Crippen LogP contribution in [0, 0.1) is 5.92 Å². The Kier molecular flexibility index (Phi) is 2.69. The molecule has 0 saturated carbocycles. The lowest BCUT2D eigenvalue weighted by Gasteiger charge is -2.08. The highest BCUT2D eigenvalue weighted by Crippen LogP contribution is 2.11. The predicted molar refractivity (Wildman–Crippen MR) is 44.7 cm³/mol. The molecule has 0 aliphatic heterocycles. The summed E-state index contributed by atoms with van der Waals surface area (Å²) in [6.07, 6.45) is 10.8. The van der Waals surface area contributed by atoms with Crippen LogP contribution >= 0.6 is 0 Å². The van der Waals surface area contributed by atoms with Crippen molar-refractivity contribution >= 4 is 0 Å². The van der Waals surface area contributed by atoms with Crippen molar-refractivity contribution in [1.29, 1.82) is 0 Å². The van der Waals surface area contributed by atoms with Crippen LogP contribution in [0.5, 0.6) is 0 Å². The van der Waals surface area contributed by atoms with E-state index in [-0.39, 0.29) is 6.04 Å². The van der Waals surface area contributed by atoms with Crippen molar-refractivity contribution in [3.63, 3.8) is 0 Å². The largest absolute Gasteiger partial charge is 0.321 e. The van der Waals surface area contributed by atoms with Gasteiger partial charge in [-0.3, -0.25) is 0 Å². The number of hydrogen-bond acceptors (Lipinski definition) is 1. The second-order valence-electron chi connectivity index (χ2n) is 3.01. The molecular formula is C9H15N. The highest BCUT2D eigenvalue weighted by Gasteiger charge is 1.99. The Hall–Kier alpha value is -0.560. The third-order valence-corrected chi connectivity index (χ3v) is 1.79. The molecule has 0 bridgehead atoms. The maximum atomic E-state index is 5.68. The molecule has 0 fully saturated rings. The minimum atomic E-state index is 0.146. The molecule has 1 heteroatoms. The van der Waals surface area contributed by atoms with Gasteiger partial charge in [0.15, 0.2) is 0 Å². The molecule has 56 valence electrons. The molecule has 0 unspecified atom stereocenters. The molecule has 0 saturated heterocycles. The van der Waals surface area contributed by atoms with Gasteiger partial charge in [-0.25, -0.2) is 0 Å². The highest BCUT2D eigenvalue weighted by atomic mass is 14.6. The molecule has 0 spiro atoms. The lowest BCUT2D eigenvalue weighted by Crippen LogP contribution is -2.14. The van der Waals surface area contributed by atoms with Gasteiger partial charge in [-0.2, -0.15) is 0 Å². The number of nitrogens with two attached hydrogens (primary N) is 1. The minimum Gasteiger partial charge on any atom is -0.321 e. The van der Waals surface area contributed by atoms with Crippen molar-refractivity contribution in [3.05, 3.63) is 24.3 Å². The van der Waals surface area contributed by atoms with Crippen LogP contribution in [0.15, 0.2) is 24.3 Å². The van der Waals surface area contributed by atoms with E-state index in [9.17, 15) is 0 Å². The highest BCUT2D eigenvalue weighted by molar-refractivity contribution is 5.06. The molecule has 0 radical (unpaired) electrons. The molecule has 0 aromatic rings. The van der Waals surface area contributed by atoms with Gasteiger partial charge in [0.2, 0.25) is 0 Å². The van der Waals surface area contributed by atoms with E-state index in [2.05, 4.69) is 31.2 Å². The van der Waals surface area contributed by atoms with E-state index in [1.165, 1.54) is 0 Å². The molecule has 0 heterocycles. The summed E-state index contributed by atoms with van der Waals surface area (Å²) in [4.78, 5) is 0. The lowest BCUT2D eigenvalue weighted by molar-refractivity contribution is 0.597. The zero-order valence-corrected chi connectivity index (χ0v) is 6.46. The van der Waals surface area contributed by atoms with Crippen molar-refractivity contribution < 1.29 is 0 Å². The first-order chi connectivity index (χ1) is 4.79. The molecule has 2 N–H and O–H groups in total. The zero-order chi connectivity index (χ0) is 7.40. The van der Waals surface area contributed by atoms with E-state index >= 15 is 0 Å². The first-order valence-electron chi connectivity index (χ1n) is 3.88. The van der Waals surface area contributed by atoms with Crippen molar-refractivity contribution in [2.24, 2.45) is 11.7 Å². The second kappa shape index (κ2) is 3.57. The van der Waals surface area contributed by atoms with Crippen molar-refractivity contribution in [2.75, 3.05) is 0 Å². The Bertz CT molecular complexity index is 131. The molecule has 0 amide bonds. The van der Waals surface area contributed by atoms with Crippen molar-refractivity contribution in [3.8, 4) is 0 Å². The molecule has 1 aliphatic carbocycles. The quantitative estimate of drug-likeness (QED) is 0.507. The summed E-state index contributed by atoms with van der Waals surface area (Å²) in [6.45, 7) is 2.26. The maximum Gasteiger partial charge on any atom is 0.0410 e. The fraction of sp³-hybridized carbons (Fsp3) is 0.556. The van der Waals surface area contributed by atoms with E-state index in [1.54, 1.807) is 0 Å². The van der Waals surface area contributed by atoms with Gasteiger partial charge in [0.25, 0.3) is 0 Å². The minimum absolute atomic E-state index is 0.146. The molecule has 0 aromatic carbocycles. The lowest BCUT2D eigenvalue weighted by atomic mass is 10.00. The Balaban J connectivity index is 2.50. The Morgan fingerprint density at radius 2 is 1.70 bits per heavy atom. The molecule has 10 heavy (non-hydrogen) atoms. The fourth-order valence-corrected chi connectivity index (χ4v) is 1.10. The predicted octanol–water partition coefficient (Wildman–Crippen LogP) is 1.86. The van der Waals surface area contributed by atoms with E-state index in [1.807, 2.05) is 0 Å². The van der Waals surface area contributed by atoms with Crippen LogP contribution in [0.25, 0.3) is 0 Å². The maximum absolute atomic E-state index is 5.68. The molecule has 1 rings (SSSR count). The third-order valence-electron chi connectivity index (χ3n) is 1.79. The van der Waals surface area contributed by atoms with Crippen LogP contribution in [0.2, 0.25) is 0 Å². The van der Waals surface area contributed by atoms with Crippen LogP contribution in [-0.4, -0.2) is 6.04 Å². The number of allylic oxidation sites excluding steroid dienone is 2. The van der Waals surface area contributed by atoms with Crippen molar-refractivity contribution in [1.82, 2.24) is 0 Å². The van der Waals surface area contributed by atoms with E-state index in [0.717, 1.165) is 18.8 Å². The van der Waals surface area contributed by atoms with Crippen LogP contribution in [-0.2, 0) is 0 Å². The topological polar surface area (TPSA) is 26.0 Å². The number of rotatable bonds is 0. The summed E-state index contributed by atoms with van der Waals surface area (Å²) < 4.78 is 0. The third kappa shape index (κ3) is 2.36. The standard InChI is InChI=1S/C9H15N/c1-8-4-2-6-9(10)7-3-5-8/h2-3,6-9H,4-5,10H2,1H3. The molecular weight excluding hydrogens is 122 g/mol. The Morgan fingerprint density at radius 1 is 1.20 bits per heavy atom. The van der Waals surface area contributed by atoms with E-state index < -0.39 is 0 Å². The Morgan fingerprint density at radius 3 is 2.20 bits per heavy atom. The van der Waals surface area contributed by atoms with Crippen LogP contribution in [0.1, 0.15) is 19.8 Å². The number of hydrogen-bond donors (Lipinski definition) is 1. The Labute approximate surface area is 62.6 Å². The van der Waals surface area contributed by atoms with E-state index in [0.29, 0.717) is 0 Å². The summed E-state index contributed by atoms with van der Waals surface area (Å²) in [5.74, 6) is 0.778. The fourth-order valence-electron chi connectivity index (χ4n) is 1.10. The summed E-state index contributed by atoms with van der Waals surface area (Å²) in [5.41, 5.74) is 5.68. The molecule has 1 aliphatic rings. The summed E-state index contributed by atoms with van der Waals surface area (Å²) in [5, 5.41) is 0. The van der Waals surface area contributed by atoms with Crippen molar-refractivity contribution in [2.45, 2.75) is 25.8 Å². The van der Waals surface area contributed by atoms with Crippen LogP contribution in [0.4, 0.5) is 0 Å². The van der Waals surface area contributed by atoms with Crippen LogP contribution < -0.4 is 5.73 Å². The average Bonchev–Trinajstić information content (AvgIpc) is 1.84. The first kappa shape index (κ1) is 7.55. The van der Waals surface area contributed by atoms with Gasteiger partial charge in [-0.1, -0.05) is 31.2 Å². The summed E-state index contributed by atoms with van der Waals surface area (Å²) >= 11 is 0. The van der Waals surface area contributed by atoms with Gasteiger partial charge in [0.05, 0.1) is 0 Å². The summed E-state index contributed by atoms with van der Waals surface area (Å²) in [6, 6.07) is 0.146. The van der Waals surface area contributed by atoms with E-state index in [4.69, 9.17) is 5.73 Å². The zero-order valence-electron chi connectivity index (χ0n) is 6.46. The molecule has 1 nitrogen and oxygen atoms in total. The van der Waals surface area contributed by atoms with Gasteiger partial charge in [-0.05, 0) is 18.8 Å². The molecule has 0 atom stereocenters.